The van der Waals surface area contributed by atoms with Crippen molar-refractivity contribution in [3.05, 3.63) is 57.4 Å². The van der Waals surface area contributed by atoms with Crippen LogP contribution in [-0.4, -0.2) is 17.9 Å². The smallest absolute Gasteiger partial charge is 0.178 e. The van der Waals surface area contributed by atoms with Crippen LogP contribution < -0.4 is 4.74 Å². The van der Waals surface area contributed by atoms with Crippen LogP contribution in [0, 0.1) is 13.8 Å². The second-order valence-corrected chi connectivity index (χ2v) is 5.87. The van der Waals surface area contributed by atoms with Crippen LogP contribution in [0.15, 0.2) is 24.4 Å². The third kappa shape index (κ3) is 3.66. The van der Waals surface area contributed by atoms with Crippen molar-refractivity contribution in [2.45, 2.75) is 33.6 Å². The first kappa shape index (κ1) is 16.5. The van der Waals surface area contributed by atoms with E-state index in [4.69, 9.17) is 16.3 Å². The molecule has 0 saturated carbocycles. The van der Waals surface area contributed by atoms with E-state index in [1.807, 2.05) is 32.0 Å². The summed E-state index contributed by atoms with van der Waals surface area (Å²) >= 11 is 6.38. The molecule has 0 atom stereocenters. The Bertz CT molecular complexity index is 710. The summed E-state index contributed by atoms with van der Waals surface area (Å²) in [5.74, 6) is 0.786. The Kier molecular flexibility index (Phi) is 5.19. The largest absolute Gasteiger partial charge is 0.497 e. The van der Waals surface area contributed by atoms with Crippen LogP contribution in [0.1, 0.15) is 39.7 Å². The van der Waals surface area contributed by atoms with Gasteiger partial charge < -0.3 is 4.74 Å². The third-order valence-electron chi connectivity index (χ3n) is 3.64. The van der Waals surface area contributed by atoms with E-state index in [-0.39, 0.29) is 5.78 Å². The van der Waals surface area contributed by atoms with Crippen molar-refractivity contribution in [3.63, 3.8) is 0 Å². The van der Waals surface area contributed by atoms with Gasteiger partial charge in [-0.25, -0.2) is 0 Å². The highest BCUT2D eigenvalue weighted by Gasteiger charge is 2.12. The zero-order chi connectivity index (χ0) is 16.3. The number of aryl methyl sites for hydroxylation is 4. The summed E-state index contributed by atoms with van der Waals surface area (Å²) in [4.78, 5) is 16.0. The molecular formula is C18H20ClNO2. The van der Waals surface area contributed by atoms with E-state index >= 15 is 0 Å². The number of carbonyl (C=O) groups is 1. The SMILES string of the molecule is COc1cc(C)c(Cl)c(CCc2cc(C)cnc2C(C)=O)c1. The summed E-state index contributed by atoms with van der Waals surface area (Å²) in [6.07, 6.45) is 3.18. The highest BCUT2D eigenvalue weighted by Crippen LogP contribution is 2.28. The van der Waals surface area contributed by atoms with Crippen molar-refractivity contribution in [2.24, 2.45) is 0 Å². The number of carbonyl (C=O) groups excluding carboxylic acids is 1. The predicted molar refractivity (Wildman–Crippen MR) is 89.1 cm³/mol. The fraction of sp³-hybridized carbons (Fsp3) is 0.333. The lowest BCUT2D eigenvalue weighted by Crippen LogP contribution is -2.05. The molecule has 3 nitrogen and oxygen atoms in total. The first-order valence-electron chi connectivity index (χ1n) is 7.22. The number of aromatic nitrogens is 1. The van der Waals surface area contributed by atoms with Gasteiger partial charge in [-0.3, -0.25) is 9.78 Å². The number of ether oxygens (including phenoxy) is 1. The highest BCUT2D eigenvalue weighted by atomic mass is 35.5. The van der Waals surface area contributed by atoms with Crippen LogP contribution >= 0.6 is 11.6 Å². The Morgan fingerprint density at radius 1 is 1.18 bits per heavy atom. The fourth-order valence-electron chi connectivity index (χ4n) is 2.51. The minimum atomic E-state index is -0.0112. The summed E-state index contributed by atoms with van der Waals surface area (Å²) in [6, 6.07) is 5.89. The maximum Gasteiger partial charge on any atom is 0.178 e. The molecule has 0 aliphatic rings. The van der Waals surface area contributed by atoms with Gasteiger partial charge in [0.2, 0.25) is 0 Å². The van der Waals surface area contributed by atoms with E-state index in [0.717, 1.165) is 45.9 Å². The first-order valence-corrected chi connectivity index (χ1v) is 7.59. The van der Waals surface area contributed by atoms with Crippen LogP contribution in [-0.2, 0) is 12.8 Å². The molecule has 2 aromatic rings. The topological polar surface area (TPSA) is 39.2 Å². The molecule has 4 heteroatoms. The molecule has 0 saturated heterocycles. The molecule has 1 heterocycles. The van der Waals surface area contributed by atoms with Gasteiger partial charge in [0.05, 0.1) is 7.11 Å². The van der Waals surface area contributed by atoms with Crippen LogP contribution in [0.4, 0.5) is 0 Å². The van der Waals surface area contributed by atoms with E-state index in [1.165, 1.54) is 0 Å². The number of ketones is 1. The van der Waals surface area contributed by atoms with E-state index in [9.17, 15) is 4.79 Å². The third-order valence-corrected chi connectivity index (χ3v) is 4.18. The molecule has 22 heavy (non-hydrogen) atoms. The minimum Gasteiger partial charge on any atom is -0.497 e. The van der Waals surface area contributed by atoms with Crippen molar-refractivity contribution in [1.29, 1.82) is 0 Å². The summed E-state index contributed by atoms with van der Waals surface area (Å²) in [7, 11) is 1.64. The lowest BCUT2D eigenvalue weighted by molar-refractivity contribution is 0.101. The summed E-state index contributed by atoms with van der Waals surface area (Å²) in [5.41, 5.74) is 4.57. The second-order valence-electron chi connectivity index (χ2n) is 5.49. The van der Waals surface area contributed by atoms with Gasteiger partial charge in [0.25, 0.3) is 0 Å². The molecule has 0 fully saturated rings. The van der Waals surface area contributed by atoms with Crippen molar-refractivity contribution >= 4 is 17.4 Å². The molecule has 0 aliphatic carbocycles. The van der Waals surface area contributed by atoms with E-state index in [2.05, 4.69) is 4.98 Å². The fourth-order valence-corrected chi connectivity index (χ4v) is 2.72. The average Bonchev–Trinajstić information content (AvgIpc) is 2.48. The molecule has 0 amide bonds. The van der Waals surface area contributed by atoms with E-state index < -0.39 is 0 Å². The van der Waals surface area contributed by atoms with Crippen molar-refractivity contribution in [1.82, 2.24) is 4.98 Å². The number of nitrogens with zero attached hydrogens (tertiary/aromatic N) is 1. The lowest BCUT2D eigenvalue weighted by Gasteiger charge is -2.12. The first-order chi connectivity index (χ1) is 10.4. The molecule has 0 radical (unpaired) electrons. The molecule has 1 aromatic heterocycles. The molecular weight excluding hydrogens is 298 g/mol. The van der Waals surface area contributed by atoms with Crippen molar-refractivity contribution in [2.75, 3.05) is 7.11 Å². The molecule has 0 bridgehead atoms. The number of hydrogen-bond donors (Lipinski definition) is 0. The Morgan fingerprint density at radius 2 is 1.86 bits per heavy atom. The maximum absolute atomic E-state index is 11.7. The highest BCUT2D eigenvalue weighted by molar-refractivity contribution is 6.32. The molecule has 0 N–H and O–H groups in total. The average molecular weight is 318 g/mol. The number of halogens is 1. The van der Waals surface area contributed by atoms with Crippen LogP contribution in [0.5, 0.6) is 5.75 Å². The van der Waals surface area contributed by atoms with Crippen LogP contribution in [0.3, 0.4) is 0 Å². The van der Waals surface area contributed by atoms with Crippen LogP contribution in [0.25, 0.3) is 0 Å². The standard InChI is InChI=1S/C18H20ClNO2/c1-11-7-15(18(13(3)21)20-10-11)6-5-14-9-16(22-4)8-12(2)17(14)19/h7-10H,5-6H2,1-4H3. The molecule has 2 rings (SSSR count). The number of methoxy groups -OCH3 is 1. The molecule has 0 aliphatic heterocycles. The molecule has 0 unspecified atom stereocenters. The van der Waals surface area contributed by atoms with Gasteiger partial charge >= 0.3 is 0 Å². The quantitative estimate of drug-likeness (QED) is 0.770. The van der Waals surface area contributed by atoms with Gasteiger partial charge in [0.1, 0.15) is 11.4 Å². The maximum atomic E-state index is 11.7. The van der Waals surface area contributed by atoms with Gasteiger partial charge in [0.15, 0.2) is 5.78 Å². The monoisotopic (exact) mass is 317 g/mol. The zero-order valence-corrected chi connectivity index (χ0v) is 14.1. The van der Waals surface area contributed by atoms with Crippen LogP contribution in [0.2, 0.25) is 5.02 Å². The predicted octanol–water partition coefficient (Wildman–Crippen LogP) is 4.35. The van der Waals surface area contributed by atoms with Crippen molar-refractivity contribution < 1.29 is 9.53 Å². The normalized spacial score (nSPS) is 10.6. The molecule has 116 valence electrons. The van der Waals surface area contributed by atoms with Gasteiger partial charge in [0, 0.05) is 18.1 Å². The number of rotatable bonds is 5. The number of hydrogen-bond acceptors (Lipinski definition) is 3. The Morgan fingerprint density at radius 3 is 2.50 bits per heavy atom. The zero-order valence-electron chi connectivity index (χ0n) is 13.4. The Hall–Kier alpha value is -1.87. The number of pyridine rings is 1. The summed E-state index contributed by atoms with van der Waals surface area (Å²) in [6.45, 7) is 5.48. The minimum absolute atomic E-state index is 0.0112. The number of benzene rings is 1. The van der Waals surface area contributed by atoms with E-state index in [1.54, 1.807) is 20.2 Å². The van der Waals surface area contributed by atoms with E-state index in [0.29, 0.717) is 5.69 Å². The summed E-state index contributed by atoms with van der Waals surface area (Å²) in [5, 5.41) is 0.755. The van der Waals surface area contributed by atoms with Gasteiger partial charge in [-0.05, 0) is 61.1 Å². The Labute approximate surface area is 136 Å². The molecule has 0 spiro atoms. The lowest BCUT2D eigenvalue weighted by atomic mass is 9.99. The van der Waals surface area contributed by atoms with Gasteiger partial charge in [-0.1, -0.05) is 17.7 Å². The number of Topliss-reactive ketones (excluding diaryl/α,β-unsaturated/α-hetero) is 1. The summed E-state index contributed by atoms with van der Waals surface area (Å²) < 4.78 is 5.30. The van der Waals surface area contributed by atoms with Gasteiger partial charge in [-0.2, -0.15) is 0 Å². The second kappa shape index (κ2) is 6.93. The molecule has 1 aromatic carbocycles. The Balaban J connectivity index is 2.29. The van der Waals surface area contributed by atoms with Crippen molar-refractivity contribution in [3.8, 4) is 5.75 Å². The van der Waals surface area contributed by atoms with Gasteiger partial charge in [-0.15, -0.1) is 0 Å².